The molecule has 0 bridgehead atoms. The van der Waals surface area contributed by atoms with Crippen molar-refractivity contribution in [3.05, 3.63) is 215 Å². The summed E-state index contributed by atoms with van der Waals surface area (Å²) in [5.41, 5.74) is 23.9. The van der Waals surface area contributed by atoms with Crippen molar-refractivity contribution in [2.24, 2.45) is 0 Å². The molecule has 0 nitrogen and oxygen atoms in total. The standard InChI is InChI=1S/C63H48/c1-61(2)56-21-13-10-18-45(56)53-32-39(25-29-58(53)61)48-35-52-43-27-23-37(38-24-28-47-44-17-9-12-20-55(44)63(5,6)60(47)34-38)31-50(43)49(36-51(52)42-16-8-7-15-41(42)48)40-26-30-59-54(33-40)46-19-11-14-22-57(46)62(59,3)4/h7-36H,1-6H3. The maximum atomic E-state index is 2.51. The van der Waals surface area contributed by atoms with Crippen molar-refractivity contribution in [2.45, 2.75) is 57.8 Å². The minimum absolute atomic E-state index is 0.0336. The highest BCUT2D eigenvalue weighted by atomic mass is 14.4. The van der Waals surface area contributed by atoms with Crippen LogP contribution in [0.5, 0.6) is 0 Å². The molecule has 300 valence electrons. The summed E-state index contributed by atoms with van der Waals surface area (Å²) in [5, 5.41) is 7.69. The number of hydrogen-bond donors (Lipinski definition) is 0. The maximum absolute atomic E-state index is 2.51. The number of rotatable bonds is 3. The largest absolute Gasteiger partial charge is 0.0619 e. The Bertz CT molecular complexity index is 3640. The molecule has 0 unspecified atom stereocenters. The van der Waals surface area contributed by atoms with E-state index in [1.54, 1.807) is 0 Å². The van der Waals surface area contributed by atoms with Gasteiger partial charge in [-0.3, -0.25) is 0 Å². The van der Waals surface area contributed by atoms with Gasteiger partial charge in [-0.05, 0) is 169 Å². The summed E-state index contributed by atoms with van der Waals surface area (Å²) in [6, 6.07) is 69.9. The fraction of sp³-hybridized carbons (Fsp3) is 0.143. The molecule has 3 aliphatic rings. The summed E-state index contributed by atoms with van der Waals surface area (Å²) in [6.07, 6.45) is 0. The van der Waals surface area contributed by atoms with Gasteiger partial charge in [0.2, 0.25) is 0 Å². The molecule has 3 aliphatic carbocycles. The Morgan fingerprint density at radius 1 is 0.206 bits per heavy atom. The molecule has 10 aromatic carbocycles. The average Bonchev–Trinajstić information content (AvgIpc) is 3.80. The summed E-state index contributed by atoms with van der Waals surface area (Å²) in [5.74, 6) is 0. The van der Waals surface area contributed by atoms with Crippen LogP contribution in [0, 0.1) is 0 Å². The normalized spacial score (nSPS) is 15.5. The third-order valence-corrected chi connectivity index (χ3v) is 15.7. The molecule has 0 saturated heterocycles. The molecular weight excluding hydrogens is 757 g/mol. The van der Waals surface area contributed by atoms with E-state index in [1.165, 1.54) is 132 Å². The van der Waals surface area contributed by atoms with Crippen LogP contribution in [-0.4, -0.2) is 0 Å². The van der Waals surface area contributed by atoms with Crippen molar-refractivity contribution in [3.8, 4) is 66.8 Å². The second-order valence-electron chi connectivity index (χ2n) is 20.0. The lowest BCUT2D eigenvalue weighted by molar-refractivity contribution is 0.660. The third-order valence-electron chi connectivity index (χ3n) is 15.7. The van der Waals surface area contributed by atoms with Gasteiger partial charge < -0.3 is 0 Å². The first-order valence-corrected chi connectivity index (χ1v) is 22.7. The van der Waals surface area contributed by atoms with E-state index in [-0.39, 0.29) is 16.2 Å². The lowest BCUT2D eigenvalue weighted by Crippen LogP contribution is -2.14. The molecular formula is C63H48. The van der Waals surface area contributed by atoms with E-state index in [1.807, 2.05) is 0 Å². The highest BCUT2D eigenvalue weighted by Gasteiger charge is 2.38. The van der Waals surface area contributed by atoms with Gasteiger partial charge in [0.1, 0.15) is 0 Å². The molecule has 13 rings (SSSR count). The molecule has 10 aromatic rings. The van der Waals surface area contributed by atoms with Gasteiger partial charge in [0.15, 0.2) is 0 Å². The Hall–Kier alpha value is -7.02. The molecule has 0 radical (unpaired) electrons. The fourth-order valence-corrected chi connectivity index (χ4v) is 12.3. The number of hydrogen-bond acceptors (Lipinski definition) is 0. The summed E-state index contributed by atoms with van der Waals surface area (Å²) < 4.78 is 0. The minimum atomic E-state index is -0.0680. The van der Waals surface area contributed by atoms with Crippen molar-refractivity contribution in [1.82, 2.24) is 0 Å². The topological polar surface area (TPSA) is 0 Å². The van der Waals surface area contributed by atoms with Crippen LogP contribution < -0.4 is 0 Å². The lowest BCUT2D eigenvalue weighted by Gasteiger charge is -2.22. The molecule has 0 fully saturated rings. The van der Waals surface area contributed by atoms with Crippen LogP contribution in [0.25, 0.3) is 99.1 Å². The Labute approximate surface area is 370 Å². The predicted octanol–water partition coefficient (Wildman–Crippen LogP) is 17.1. The van der Waals surface area contributed by atoms with E-state index in [0.717, 1.165) is 0 Å². The van der Waals surface area contributed by atoms with Gasteiger partial charge in [0.05, 0.1) is 0 Å². The molecule has 0 aromatic heterocycles. The van der Waals surface area contributed by atoms with Gasteiger partial charge in [0.25, 0.3) is 0 Å². The molecule has 0 atom stereocenters. The smallest absolute Gasteiger partial charge is 0.0159 e. The molecule has 0 heteroatoms. The zero-order chi connectivity index (χ0) is 42.6. The molecule has 0 spiro atoms. The quantitative estimate of drug-likeness (QED) is 0.156. The minimum Gasteiger partial charge on any atom is -0.0619 e. The van der Waals surface area contributed by atoms with Gasteiger partial charge >= 0.3 is 0 Å². The fourth-order valence-electron chi connectivity index (χ4n) is 12.3. The second-order valence-corrected chi connectivity index (χ2v) is 20.0. The highest BCUT2D eigenvalue weighted by Crippen LogP contribution is 2.54. The van der Waals surface area contributed by atoms with E-state index >= 15 is 0 Å². The van der Waals surface area contributed by atoms with Crippen LogP contribution >= 0.6 is 0 Å². The molecule has 0 amide bonds. The maximum Gasteiger partial charge on any atom is 0.0159 e. The predicted molar refractivity (Wildman–Crippen MR) is 268 cm³/mol. The zero-order valence-corrected chi connectivity index (χ0v) is 36.8. The Morgan fingerprint density at radius 3 is 1.16 bits per heavy atom. The van der Waals surface area contributed by atoms with Gasteiger partial charge in [-0.25, -0.2) is 0 Å². The molecule has 0 heterocycles. The zero-order valence-electron chi connectivity index (χ0n) is 36.8. The highest BCUT2D eigenvalue weighted by molar-refractivity contribution is 6.24. The lowest BCUT2D eigenvalue weighted by atomic mass is 9.81. The van der Waals surface area contributed by atoms with Crippen LogP contribution in [0.3, 0.4) is 0 Å². The number of benzene rings is 10. The third kappa shape index (κ3) is 4.93. The van der Waals surface area contributed by atoms with Crippen LogP contribution in [0.1, 0.15) is 74.9 Å². The molecule has 0 N–H and O–H groups in total. The van der Waals surface area contributed by atoms with Crippen molar-refractivity contribution in [1.29, 1.82) is 0 Å². The summed E-state index contributed by atoms with van der Waals surface area (Å²) in [6.45, 7) is 14.2. The van der Waals surface area contributed by atoms with Gasteiger partial charge in [0, 0.05) is 16.2 Å². The second kappa shape index (κ2) is 12.6. The Kier molecular flexibility index (Phi) is 7.29. The van der Waals surface area contributed by atoms with E-state index in [0.29, 0.717) is 0 Å². The van der Waals surface area contributed by atoms with E-state index in [2.05, 4.69) is 224 Å². The van der Waals surface area contributed by atoms with Crippen LogP contribution in [0.15, 0.2) is 182 Å². The van der Waals surface area contributed by atoms with E-state index in [4.69, 9.17) is 0 Å². The Morgan fingerprint density at radius 2 is 0.587 bits per heavy atom. The van der Waals surface area contributed by atoms with Gasteiger partial charge in [-0.1, -0.05) is 187 Å². The van der Waals surface area contributed by atoms with Crippen molar-refractivity contribution < 1.29 is 0 Å². The van der Waals surface area contributed by atoms with Crippen LogP contribution in [0.2, 0.25) is 0 Å². The first-order chi connectivity index (χ1) is 30.5. The van der Waals surface area contributed by atoms with Crippen LogP contribution in [0.4, 0.5) is 0 Å². The van der Waals surface area contributed by atoms with Crippen molar-refractivity contribution in [3.63, 3.8) is 0 Å². The van der Waals surface area contributed by atoms with E-state index in [9.17, 15) is 0 Å². The van der Waals surface area contributed by atoms with Crippen molar-refractivity contribution >= 4 is 32.3 Å². The van der Waals surface area contributed by atoms with Crippen molar-refractivity contribution in [2.75, 3.05) is 0 Å². The summed E-state index contributed by atoms with van der Waals surface area (Å²) in [4.78, 5) is 0. The molecule has 63 heavy (non-hydrogen) atoms. The molecule has 0 aliphatic heterocycles. The molecule has 0 saturated carbocycles. The van der Waals surface area contributed by atoms with E-state index < -0.39 is 0 Å². The Balaban J connectivity index is 1.07. The first-order valence-electron chi connectivity index (χ1n) is 22.7. The monoisotopic (exact) mass is 804 g/mol. The number of fused-ring (bicyclic) bond motifs is 14. The van der Waals surface area contributed by atoms with Gasteiger partial charge in [-0.2, -0.15) is 0 Å². The first kappa shape index (κ1) is 36.6. The average molecular weight is 805 g/mol. The van der Waals surface area contributed by atoms with Crippen LogP contribution in [-0.2, 0) is 16.2 Å². The van der Waals surface area contributed by atoms with Gasteiger partial charge in [-0.15, -0.1) is 0 Å². The SMILES string of the molecule is CC1(C)c2ccccc2-c2cc(-c3cc4c5ccc(-c6ccc7c(c6)C(C)(C)c6ccccc6-7)cc5c(-c5ccc6c(c5)-c5ccccc5C6(C)C)cc4c4ccccc34)ccc21. The summed E-state index contributed by atoms with van der Waals surface area (Å²) in [7, 11) is 0. The summed E-state index contributed by atoms with van der Waals surface area (Å²) >= 11 is 0.